The lowest BCUT2D eigenvalue weighted by molar-refractivity contribution is -0.200. The van der Waals surface area contributed by atoms with Crippen molar-refractivity contribution in [2.45, 2.75) is 50.8 Å². The Bertz CT molecular complexity index is 1260. The van der Waals surface area contributed by atoms with Gasteiger partial charge in [0, 0.05) is 6.20 Å². The zero-order valence-electron chi connectivity index (χ0n) is 20.6. The van der Waals surface area contributed by atoms with Crippen LogP contribution in [0.2, 0.25) is 0 Å². The van der Waals surface area contributed by atoms with Crippen molar-refractivity contribution in [3.05, 3.63) is 70.9 Å². The summed E-state index contributed by atoms with van der Waals surface area (Å²) in [7, 11) is -4.76. The van der Waals surface area contributed by atoms with Crippen LogP contribution in [0.1, 0.15) is 17.5 Å². The van der Waals surface area contributed by atoms with Crippen LogP contribution in [0.25, 0.3) is 0 Å². The van der Waals surface area contributed by atoms with Crippen LogP contribution in [0.3, 0.4) is 0 Å². The van der Waals surface area contributed by atoms with Crippen LogP contribution in [-0.4, -0.2) is 58.8 Å². The normalized spacial score (nSPS) is 25.7. The summed E-state index contributed by atoms with van der Waals surface area (Å²) in [5.41, 5.74) is -1.41. The Balaban J connectivity index is 1.62. The van der Waals surface area contributed by atoms with Crippen molar-refractivity contribution in [2.24, 2.45) is 0 Å². The van der Waals surface area contributed by atoms with Crippen LogP contribution in [0, 0.1) is 13.8 Å². The highest BCUT2D eigenvalue weighted by Gasteiger charge is 2.63. The van der Waals surface area contributed by atoms with E-state index in [2.05, 4.69) is 0 Å². The number of phosphoric ester groups is 1. The van der Waals surface area contributed by atoms with Crippen LogP contribution in [-0.2, 0) is 23.4 Å². The molecule has 2 aromatic carbocycles. The van der Waals surface area contributed by atoms with Gasteiger partial charge in [-0.15, -0.1) is 0 Å². The van der Waals surface area contributed by atoms with Crippen LogP contribution in [0.5, 0.6) is 11.5 Å². The summed E-state index contributed by atoms with van der Waals surface area (Å²) in [6, 6.07) is 12.3. The lowest BCUT2D eigenvalue weighted by Gasteiger charge is -2.33. The molecule has 0 bridgehead atoms. The van der Waals surface area contributed by atoms with Gasteiger partial charge in [0.15, 0.2) is 23.8 Å². The minimum Gasteiger partial charge on any atom is -0.395 e. The number of aliphatic hydroxyl groups is 1. The van der Waals surface area contributed by atoms with Crippen molar-refractivity contribution < 1.29 is 50.7 Å². The van der Waals surface area contributed by atoms with Crippen LogP contribution < -0.4 is 9.05 Å². The summed E-state index contributed by atoms with van der Waals surface area (Å²) < 4.78 is 79.0. The number of hydrogen-bond donors (Lipinski definition) is 1. The second kappa shape index (κ2) is 11.3. The Kier molecular flexibility index (Phi) is 8.44. The Labute approximate surface area is 226 Å². The van der Waals surface area contributed by atoms with Crippen LogP contribution in [0.4, 0.5) is 13.2 Å². The molecule has 1 amide bonds. The molecule has 1 fully saturated rings. The van der Waals surface area contributed by atoms with Gasteiger partial charge in [-0.2, -0.15) is 0 Å². The van der Waals surface area contributed by atoms with Gasteiger partial charge in [-0.1, -0.05) is 47.0 Å². The number of amides is 1. The Morgan fingerprint density at radius 1 is 1.08 bits per heavy atom. The summed E-state index contributed by atoms with van der Waals surface area (Å²) in [6.45, 7) is 2.22. The average molecular weight is 590 g/mol. The quantitative estimate of drug-likeness (QED) is 0.327. The molecule has 0 radical (unpaired) electrons. The molecule has 0 aliphatic carbocycles. The molecular formula is C25H24ClF3NO8P. The van der Waals surface area contributed by atoms with Gasteiger partial charge in [0.2, 0.25) is 5.91 Å². The van der Waals surface area contributed by atoms with Crippen molar-refractivity contribution in [1.29, 1.82) is 0 Å². The van der Waals surface area contributed by atoms with Gasteiger partial charge in [-0.05, 0) is 38.1 Å². The third-order valence-electron chi connectivity index (χ3n) is 6.10. The minimum absolute atomic E-state index is 0.0136. The van der Waals surface area contributed by atoms with Gasteiger partial charge in [-0.3, -0.25) is 19.0 Å². The Hall–Kier alpha value is -2.89. The lowest BCUT2D eigenvalue weighted by Crippen LogP contribution is -2.52. The van der Waals surface area contributed by atoms with Crippen molar-refractivity contribution >= 4 is 31.1 Å². The molecule has 1 N–H and O–H groups in total. The van der Waals surface area contributed by atoms with Gasteiger partial charge < -0.3 is 18.9 Å². The number of nitrogens with zero attached hydrogens (tertiary/aromatic N) is 1. The SMILES string of the molecule is Cc1ccc(OP(=O)(OC[C@@]2(C(F)F)O[C@@H](N3C=C(Cl)C(=O)CC3=O)[C@H](F)[C@@H]2O)Oc2ccc(C)cc2)cc1. The molecule has 2 heterocycles. The largest absolute Gasteiger partial charge is 0.587 e. The predicted octanol–water partition coefficient (Wildman–Crippen LogP) is 4.83. The first kappa shape index (κ1) is 29.1. The van der Waals surface area contributed by atoms with E-state index in [1.54, 1.807) is 38.1 Å². The fraction of sp³-hybridized carbons (Fsp3) is 0.360. The standard InChI is InChI=1S/C25H24ClF3NO8P/c1-14-3-7-16(8-4-14)37-39(34,38-17-9-5-15(2)6-10-17)35-13-25(24(28)29)22(33)21(27)23(36-25)30-12-18(26)19(31)11-20(30)32/h3-10,12,21-24,33H,11,13H2,1-2H3/t21-,22+,23-,25-/m1/s1. The van der Waals surface area contributed by atoms with Crippen LogP contribution in [0.15, 0.2) is 59.8 Å². The zero-order valence-corrected chi connectivity index (χ0v) is 22.3. The molecule has 2 aliphatic rings. The first-order valence-corrected chi connectivity index (χ1v) is 13.4. The monoisotopic (exact) mass is 589 g/mol. The maximum absolute atomic E-state index is 15.2. The molecule has 4 rings (SSSR count). The summed E-state index contributed by atoms with van der Waals surface area (Å²) >= 11 is 5.75. The highest BCUT2D eigenvalue weighted by molar-refractivity contribution is 7.49. The summed E-state index contributed by atoms with van der Waals surface area (Å²) in [5.74, 6) is -1.71. The molecule has 39 heavy (non-hydrogen) atoms. The van der Waals surface area contributed by atoms with E-state index >= 15 is 4.39 Å². The minimum atomic E-state index is -4.76. The van der Waals surface area contributed by atoms with E-state index in [1.165, 1.54) is 24.3 Å². The number of phosphoric acid groups is 1. The molecule has 0 aromatic heterocycles. The van der Waals surface area contributed by atoms with Crippen molar-refractivity contribution in [3.63, 3.8) is 0 Å². The molecule has 210 valence electrons. The average Bonchev–Trinajstić information content (AvgIpc) is 3.14. The Morgan fingerprint density at radius 2 is 1.59 bits per heavy atom. The molecule has 1 saturated heterocycles. The van der Waals surface area contributed by atoms with E-state index in [0.717, 1.165) is 17.3 Å². The van der Waals surface area contributed by atoms with E-state index in [-0.39, 0.29) is 11.5 Å². The predicted molar refractivity (Wildman–Crippen MR) is 132 cm³/mol. The van der Waals surface area contributed by atoms with Gasteiger partial charge in [0.1, 0.15) is 22.6 Å². The molecule has 0 saturated carbocycles. The second-order valence-electron chi connectivity index (χ2n) is 9.06. The smallest absolute Gasteiger partial charge is 0.395 e. The fourth-order valence-electron chi connectivity index (χ4n) is 3.86. The first-order chi connectivity index (χ1) is 18.3. The number of ether oxygens (including phenoxy) is 1. The molecule has 9 nitrogen and oxygen atoms in total. The number of halogens is 4. The van der Waals surface area contributed by atoms with E-state index < -0.39 is 68.1 Å². The number of carbonyl (C=O) groups excluding carboxylic acids is 2. The second-order valence-corrected chi connectivity index (χ2v) is 11.0. The maximum atomic E-state index is 15.2. The number of aliphatic hydroxyl groups excluding tert-OH is 1. The van der Waals surface area contributed by atoms with Crippen molar-refractivity contribution in [2.75, 3.05) is 6.61 Å². The van der Waals surface area contributed by atoms with E-state index in [1.807, 2.05) is 0 Å². The topological polar surface area (TPSA) is 112 Å². The summed E-state index contributed by atoms with van der Waals surface area (Å²) in [6.07, 6.45) is -10.8. The van der Waals surface area contributed by atoms with E-state index in [9.17, 15) is 28.0 Å². The Morgan fingerprint density at radius 3 is 2.08 bits per heavy atom. The first-order valence-electron chi connectivity index (χ1n) is 11.6. The summed E-state index contributed by atoms with van der Waals surface area (Å²) in [5, 5.41) is 10.1. The highest BCUT2D eigenvalue weighted by Crippen LogP contribution is 2.52. The van der Waals surface area contributed by atoms with Gasteiger partial charge in [-0.25, -0.2) is 17.7 Å². The number of aryl methyl sites for hydroxylation is 2. The molecule has 0 spiro atoms. The summed E-state index contributed by atoms with van der Waals surface area (Å²) in [4.78, 5) is 24.5. The van der Waals surface area contributed by atoms with Crippen molar-refractivity contribution in [3.8, 4) is 11.5 Å². The number of benzene rings is 2. The third kappa shape index (κ3) is 6.15. The molecule has 2 aromatic rings. The molecular weight excluding hydrogens is 566 g/mol. The molecule has 0 unspecified atom stereocenters. The molecule has 14 heteroatoms. The fourth-order valence-corrected chi connectivity index (χ4v) is 5.29. The zero-order chi connectivity index (χ0) is 28.5. The van der Waals surface area contributed by atoms with Gasteiger partial charge in [0.05, 0.1) is 13.0 Å². The number of rotatable bonds is 9. The third-order valence-corrected chi connectivity index (χ3v) is 7.72. The number of carbonyl (C=O) groups is 2. The molecule has 4 atom stereocenters. The van der Waals surface area contributed by atoms with Crippen molar-refractivity contribution in [1.82, 2.24) is 4.90 Å². The van der Waals surface area contributed by atoms with Gasteiger partial charge >= 0.3 is 7.82 Å². The lowest BCUT2D eigenvalue weighted by atomic mass is 9.97. The number of Topliss-reactive ketones (excluding diaryl/α,β-unsaturated/α-hetero) is 1. The maximum Gasteiger partial charge on any atom is 0.587 e. The number of alkyl halides is 3. The van der Waals surface area contributed by atoms with E-state index in [0.29, 0.717) is 4.90 Å². The molecule has 2 aliphatic heterocycles. The van der Waals surface area contributed by atoms with E-state index in [4.69, 9.17) is 29.9 Å². The van der Waals surface area contributed by atoms with Crippen LogP contribution >= 0.6 is 19.4 Å². The number of hydrogen-bond acceptors (Lipinski definition) is 8. The van der Waals surface area contributed by atoms with Gasteiger partial charge in [0.25, 0.3) is 6.43 Å². The number of allylic oxidation sites excluding steroid dienone is 1. The number of ketones is 1. The highest BCUT2D eigenvalue weighted by atomic mass is 35.5.